The van der Waals surface area contributed by atoms with Crippen LogP contribution in [0.15, 0.2) is 105 Å². The van der Waals surface area contributed by atoms with E-state index in [0.29, 0.717) is 28.0 Å². The maximum absolute atomic E-state index is 13.4. The van der Waals surface area contributed by atoms with Crippen LogP contribution in [0.2, 0.25) is 0 Å². The summed E-state index contributed by atoms with van der Waals surface area (Å²) in [7, 11) is -2.49. The van der Waals surface area contributed by atoms with E-state index in [4.69, 9.17) is 18.6 Å². The molecule has 2 aromatic heterocycles. The summed E-state index contributed by atoms with van der Waals surface area (Å²) >= 11 is 0. The maximum Gasteiger partial charge on any atom is 0.290 e. The van der Waals surface area contributed by atoms with E-state index in [1.165, 1.54) is 43.8 Å². The number of para-hydroxylation sites is 1. The summed E-state index contributed by atoms with van der Waals surface area (Å²) in [6.07, 6.45) is 5.10. The summed E-state index contributed by atoms with van der Waals surface area (Å²) in [6.45, 7) is -0.811. The first-order valence-electron chi connectivity index (χ1n) is 13.8. The molecule has 1 aliphatic heterocycles. The molecule has 2 N–H and O–H groups in total. The molecule has 13 heteroatoms. The number of benzene rings is 2. The number of nitrogens with zero attached hydrogens (tertiary/aromatic N) is 2. The number of fused-ring (bicyclic) bond motifs is 1. The van der Waals surface area contributed by atoms with Crippen LogP contribution in [0.5, 0.6) is 5.75 Å². The number of nitrogens with one attached hydrogen (secondary N) is 1. The van der Waals surface area contributed by atoms with Gasteiger partial charge >= 0.3 is 0 Å². The smallest absolute Gasteiger partial charge is 0.290 e. The number of ether oxygens (including phenoxy) is 3. The molecule has 0 unspecified atom stereocenters. The molecule has 0 bridgehead atoms. The molecule has 4 aromatic rings. The number of sulfonamides is 1. The summed E-state index contributed by atoms with van der Waals surface area (Å²) < 4.78 is 50.3. The lowest BCUT2D eigenvalue weighted by Crippen LogP contribution is -2.38. The number of carbonyl (C=O) groups is 1. The van der Waals surface area contributed by atoms with Gasteiger partial charge in [-0.1, -0.05) is 12.1 Å². The fourth-order valence-corrected chi connectivity index (χ4v) is 6.17. The number of allylic oxidation sites excluding steroid dienone is 1. The van der Waals surface area contributed by atoms with Crippen molar-refractivity contribution in [3.8, 4) is 5.75 Å². The lowest BCUT2D eigenvalue weighted by molar-refractivity contribution is -0.143. The number of amides is 1. The summed E-state index contributed by atoms with van der Waals surface area (Å²) in [5.41, 5.74) is 0.939. The molecule has 0 radical (unpaired) electrons. The average molecular weight is 622 g/mol. The first-order chi connectivity index (χ1) is 21.3. The molecule has 0 aliphatic carbocycles. The average Bonchev–Trinajstić information content (AvgIpc) is 3.05. The van der Waals surface area contributed by atoms with Crippen molar-refractivity contribution >= 4 is 32.6 Å². The monoisotopic (exact) mass is 621 g/mol. The fourth-order valence-electron chi connectivity index (χ4n) is 4.76. The number of methoxy groups -OCH3 is 1. The third kappa shape index (κ3) is 6.97. The van der Waals surface area contributed by atoms with Crippen LogP contribution in [0.1, 0.15) is 17.9 Å². The zero-order chi connectivity index (χ0) is 31.1. The molecule has 1 aliphatic rings. The zero-order valence-corrected chi connectivity index (χ0v) is 24.6. The van der Waals surface area contributed by atoms with Gasteiger partial charge in [0.05, 0.1) is 48.8 Å². The zero-order valence-electron chi connectivity index (χ0n) is 23.8. The highest BCUT2D eigenvalue weighted by atomic mass is 32.2. The number of aromatic nitrogens is 1. The molecule has 2 atom stereocenters. The number of pyridine rings is 1. The van der Waals surface area contributed by atoms with E-state index in [0.717, 1.165) is 4.31 Å². The van der Waals surface area contributed by atoms with E-state index in [2.05, 4.69) is 10.3 Å². The second kappa shape index (κ2) is 13.8. The van der Waals surface area contributed by atoms with Crippen molar-refractivity contribution in [2.75, 3.05) is 38.7 Å². The number of hydrogen-bond acceptors (Lipinski definition) is 10. The van der Waals surface area contributed by atoms with Crippen molar-refractivity contribution in [2.45, 2.75) is 23.5 Å². The van der Waals surface area contributed by atoms with E-state index in [9.17, 15) is 23.1 Å². The van der Waals surface area contributed by atoms with Crippen LogP contribution in [0, 0.1) is 0 Å². The van der Waals surface area contributed by atoms with Crippen LogP contribution in [-0.4, -0.2) is 68.4 Å². The molecule has 1 amide bonds. The summed E-state index contributed by atoms with van der Waals surface area (Å²) in [5, 5.41) is 12.7. The molecular formula is C31H31N3O9S. The molecule has 0 saturated heterocycles. The number of aliphatic hydroxyl groups excluding tert-OH is 1. The predicted octanol–water partition coefficient (Wildman–Crippen LogP) is 3.25. The van der Waals surface area contributed by atoms with Gasteiger partial charge in [-0.15, -0.1) is 0 Å². The Kier molecular flexibility index (Phi) is 9.70. The fraction of sp³-hybridized carbons (Fsp3) is 0.258. The summed E-state index contributed by atoms with van der Waals surface area (Å²) in [6, 6.07) is 16.1. The molecule has 12 nitrogen and oxygen atoms in total. The van der Waals surface area contributed by atoms with Crippen molar-refractivity contribution in [2.24, 2.45) is 0 Å². The van der Waals surface area contributed by atoms with Crippen LogP contribution < -0.4 is 15.5 Å². The number of anilines is 1. The Hall–Kier alpha value is -4.56. The number of hydrogen-bond donors (Lipinski definition) is 2. The number of aliphatic hydroxyl groups is 1. The Balaban J connectivity index is 1.35. The van der Waals surface area contributed by atoms with Crippen LogP contribution in [-0.2, 0) is 24.3 Å². The van der Waals surface area contributed by atoms with Crippen molar-refractivity contribution in [1.82, 2.24) is 9.29 Å². The van der Waals surface area contributed by atoms with Gasteiger partial charge in [0, 0.05) is 37.2 Å². The van der Waals surface area contributed by atoms with Gasteiger partial charge < -0.3 is 29.1 Å². The highest BCUT2D eigenvalue weighted by molar-refractivity contribution is 7.89. The number of carbonyl (C=O) groups excluding carboxylic acids is 1. The van der Waals surface area contributed by atoms with Gasteiger partial charge in [0.1, 0.15) is 11.3 Å². The lowest BCUT2D eigenvalue weighted by atomic mass is 9.93. The van der Waals surface area contributed by atoms with Gasteiger partial charge in [0.15, 0.2) is 11.2 Å². The molecule has 0 spiro atoms. The molecule has 3 heterocycles. The minimum atomic E-state index is -3.97. The standard InChI is InChI=1S/C31H31N3O9S/c1-40-23-8-10-24(11-9-23)44(38,39)34(13-15-35)14-16-41-29-18-21(26-20-42-27-7-3-2-6-25(27)30(26)36)17-28(43-29)31(37)33-22-5-4-12-32-19-22/h2-12,17,19-21,29,35H,13-16,18H2,1H3,(H,33,37)/t21-,29+/m0/s1. The Bertz CT molecular complexity index is 1790. The summed E-state index contributed by atoms with van der Waals surface area (Å²) in [5.74, 6) is -0.770. The van der Waals surface area contributed by atoms with E-state index in [-0.39, 0.29) is 42.2 Å². The molecule has 0 fully saturated rings. The van der Waals surface area contributed by atoms with Crippen molar-refractivity contribution < 1.29 is 36.9 Å². The first kappa shape index (κ1) is 30.9. The SMILES string of the molecule is COc1ccc(S(=O)(=O)N(CCO)CCO[C@H]2C[C@@H](c3coc4ccccc4c3=O)C=C(C(=O)Nc3cccnc3)O2)cc1. The second-order valence-corrected chi connectivity index (χ2v) is 11.7. The molecular weight excluding hydrogens is 590 g/mol. The Morgan fingerprint density at radius 3 is 2.64 bits per heavy atom. The quantitative estimate of drug-likeness (QED) is 0.241. The third-order valence-electron chi connectivity index (χ3n) is 7.00. The van der Waals surface area contributed by atoms with E-state index in [1.54, 1.807) is 48.7 Å². The topological polar surface area (TPSA) is 157 Å². The predicted molar refractivity (Wildman–Crippen MR) is 160 cm³/mol. The van der Waals surface area contributed by atoms with E-state index >= 15 is 0 Å². The lowest BCUT2D eigenvalue weighted by Gasteiger charge is -2.29. The Morgan fingerprint density at radius 1 is 1.11 bits per heavy atom. The molecule has 5 rings (SSSR count). The molecule has 2 aromatic carbocycles. The van der Waals surface area contributed by atoms with Crippen LogP contribution >= 0.6 is 0 Å². The van der Waals surface area contributed by atoms with Gasteiger partial charge in [-0.25, -0.2) is 8.42 Å². The van der Waals surface area contributed by atoms with Crippen molar-refractivity contribution in [1.29, 1.82) is 0 Å². The second-order valence-electron chi connectivity index (χ2n) is 9.81. The van der Waals surface area contributed by atoms with E-state index in [1.807, 2.05) is 0 Å². The summed E-state index contributed by atoms with van der Waals surface area (Å²) in [4.78, 5) is 30.6. The molecule has 44 heavy (non-hydrogen) atoms. The van der Waals surface area contributed by atoms with Gasteiger partial charge in [0.2, 0.25) is 16.3 Å². The van der Waals surface area contributed by atoms with Crippen LogP contribution in [0.4, 0.5) is 5.69 Å². The third-order valence-corrected chi connectivity index (χ3v) is 8.91. The highest BCUT2D eigenvalue weighted by Crippen LogP contribution is 2.31. The number of rotatable bonds is 12. The first-order valence-corrected chi connectivity index (χ1v) is 15.2. The Labute approximate surface area is 253 Å². The molecule has 0 saturated carbocycles. The minimum absolute atomic E-state index is 0.0288. The van der Waals surface area contributed by atoms with Gasteiger partial charge in [0.25, 0.3) is 5.91 Å². The van der Waals surface area contributed by atoms with Crippen molar-refractivity contribution in [3.63, 3.8) is 0 Å². The maximum atomic E-state index is 13.4. The van der Waals surface area contributed by atoms with E-state index < -0.39 is 34.7 Å². The highest BCUT2D eigenvalue weighted by Gasteiger charge is 2.32. The van der Waals surface area contributed by atoms with Gasteiger partial charge in [-0.3, -0.25) is 14.6 Å². The normalized spacial score (nSPS) is 16.8. The largest absolute Gasteiger partial charge is 0.497 e. The molecule has 230 valence electrons. The minimum Gasteiger partial charge on any atom is -0.497 e. The Morgan fingerprint density at radius 2 is 1.91 bits per heavy atom. The van der Waals surface area contributed by atoms with Crippen molar-refractivity contribution in [3.05, 3.63) is 107 Å². The van der Waals surface area contributed by atoms with Gasteiger partial charge in [-0.2, -0.15) is 4.31 Å². The van der Waals surface area contributed by atoms with Gasteiger partial charge in [-0.05, 0) is 54.6 Å². The van der Waals surface area contributed by atoms with Crippen LogP contribution in [0.25, 0.3) is 11.0 Å². The van der Waals surface area contributed by atoms with Crippen LogP contribution in [0.3, 0.4) is 0 Å².